The summed E-state index contributed by atoms with van der Waals surface area (Å²) in [5.41, 5.74) is 8.47. The number of benzene rings is 2. The van der Waals surface area contributed by atoms with Gasteiger partial charge in [0.1, 0.15) is 0 Å². The Bertz CT molecular complexity index is 940. The number of methoxy groups -OCH3 is 2. The summed E-state index contributed by atoms with van der Waals surface area (Å²) >= 11 is 0. The number of guanidine groups is 1. The van der Waals surface area contributed by atoms with E-state index in [1.807, 2.05) is 24.3 Å². The van der Waals surface area contributed by atoms with Gasteiger partial charge in [0.2, 0.25) is 0 Å². The van der Waals surface area contributed by atoms with Crippen molar-refractivity contribution in [3.63, 3.8) is 0 Å². The molecule has 146 valence electrons. The van der Waals surface area contributed by atoms with E-state index >= 15 is 0 Å². The summed E-state index contributed by atoms with van der Waals surface area (Å²) in [6.07, 6.45) is 1.20. The molecule has 0 unspecified atom stereocenters. The predicted molar refractivity (Wildman–Crippen MR) is 106 cm³/mol. The first kappa shape index (κ1) is 20.6. The summed E-state index contributed by atoms with van der Waals surface area (Å²) in [5.74, 6) is 1.61. The number of nitrogens with one attached hydrogen (secondary N) is 1. The van der Waals surface area contributed by atoms with Crippen LogP contribution in [0.3, 0.4) is 0 Å². The van der Waals surface area contributed by atoms with Gasteiger partial charge in [-0.15, -0.1) is 0 Å². The van der Waals surface area contributed by atoms with E-state index < -0.39 is 9.84 Å². The van der Waals surface area contributed by atoms with Gasteiger partial charge in [-0.1, -0.05) is 18.2 Å². The highest BCUT2D eigenvalue weighted by atomic mass is 32.2. The molecule has 2 rings (SSSR count). The molecule has 3 N–H and O–H groups in total. The lowest BCUT2D eigenvalue weighted by Crippen LogP contribution is -2.31. The predicted octanol–water partition coefficient (Wildman–Crippen LogP) is 2.02. The molecular formula is C19H25N3O4S. The highest BCUT2D eigenvalue weighted by molar-refractivity contribution is 7.90. The van der Waals surface area contributed by atoms with E-state index in [0.717, 1.165) is 11.1 Å². The topological polar surface area (TPSA) is 103 Å². The lowest BCUT2D eigenvalue weighted by atomic mass is 10.1. The largest absolute Gasteiger partial charge is 0.493 e. The summed E-state index contributed by atoms with van der Waals surface area (Å²) in [4.78, 5) is 4.63. The Balaban J connectivity index is 1.99. The fraction of sp³-hybridized carbons (Fsp3) is 0.316. The number of aryl methyl sites for hydroxylation is 1. The van der Waals surface area contributed by atoms with E-state index in [1.165, 1.54) is 6.26 Å². The smallest absolute Gasteiger partial charge is 0.189 e. The van der Waals surface area contributed by atoms with Crippen molar-refractivity contribution >= 4 is 15.8 Å². The van der Waals surface area contributed by atoms with Crippen molar-refractivity contribution in [2.24, 2.45) is 10.7 Å². The molecule has 8 heteroatoms. The molecule has 0 aliphatic carbocycles. The molecule has 0 spiro atoms. The maximum Gasteiger partial charge on any atom is 0.189 e. The first-order chi connectivity index (χ1) is 12.7. The van der Waals surface area contributed by atoms with Crippen LogP contribution >= 0.6 is 0 Å². The number of sulfone groups is 1. The molecule has 0 heterocycles. The number of nitrogens with two attached hydrogens (primary N) is 1. The Morgan fingerprint density at radius 3 is 2.33 bits per heavy atom. The Morgan fingerprint density at radius 2 is 1.74 bits per heavy atom. The van der Waals surface area contributed by atoms with Gasteiger partial charge < -0.3 is 20.5 Å². The van der Waals surface area contributed by atoms with E-state index in [9.17, 15) is 8.42 Å². The van der Waals surface area contributed by atoms with Gasteiger partial charge in [0.25, 0.3) is 0 Å². The Labute approximate surface area is 160 Å². The van der Waals surface area contributed by atoms with Crippen molar-refractivity contribution in [1.29, 1.82) is 0 Å². The van der Waals surface area contributed by atoms with Crippen molar-refractivity contribution in [3.8, 4) is 11.5 Å². The van der Waals surface area contributed by atoms with E-state index in [1.54, 1.807) is 33.3 Å². The van der Waals surface area contributed by atoms with Gasteiger partial charge in [0, 0.05) is 12.8 Å². The second kappa shape index (κ2) is 8.77. The number of aliphatic imine (C=N–C) groups is 1. The van der Waals surface area contributed by atoms with Crippen LogP contribution < -0.4 is 20.5 Å². The standard InChI is InChI=1S/C19H25N3O4S/c1-13-9-14(6-8-18(13)27(4,23)24)11-21-19(20)22-12-15-5-7-16(25-2)17(10-15)26-3/h5-10H,11-12H2,1-4H3,(H3,20,21,22). The van der Waals surface area contributed by atoms with Gasteiger partial charge in [-0.3, -0.25) is 0 Å². The SMILES string of the molecule is COc1ccc(CNC(N)=NCc2ccc(S(C)(=O)=O)c(C)c2)cc1OC. The quantitative estimate of drug-likeness (QED) is 0.553. The molecule has 0 fully saturated rings. The zero-order valence-electron chi connectivity index (χ0n) is 15.9. The van der Waals surface area contributed by atoms with Crippen molar-refractivity contribution in [1.82, 2.24) is 5.32 Å². The fourth-order valence-corrected chi connectivity index (χ4v) is 3.60. The number of nitrogens with zero attached hydrogens (tertiary/aromatic N) is 1. The van der Waals surface area contributed by atoms with E-state index in [2.05, 4.69) is 10.3 Å². The average molecular weight is 391 g/mol. The number of hydrogen-bond donors (Lipinski definition) is 2. The van der Waals surface area contributed by atoms with Crippen LogP contribution in [0.15, 0.2) is 46.3 Å². The highest BCUT2D eigenvalue weighted by Crippen LogP contribution is 2.27. The van der Waals surface area contributed by atoms with Gasteiger partial charge in [-0.2, -0.15) is 0 Å². The van der Waals surface area contributed by atoms with Gasteiger partial charge in [0.15, 0.2) is 27.3 Å². The minimum atomic E-state index is -3.22. The third-order valence-electron chi connectivity index (χ3n) is 3.99. The molecule has 2 aromatic rings. The number of hydrogen-bond acceptors (Lipinski definition) is 5. The molecule has 0 saturated heterocycles. The molecule has 0 amide bonds. The second-order valence-corrected chi connectivity index (χ2v) is 8.10. The third-order valence-corrected chi connectivity index (χ3v) is 5.25. The normalized spacial score (nSPS) is 11.9. The molecule has 7 nitrogen and oxygen atoms in total. The van der Waals surface area contributed by atoms with Crippen molar-refractivity contribution < 1.29 is 17.9 Å². The summed E-state index contributed by atoms with van der Waals surface area (Å²) in [5, 5.41) is 3.04. The molecule has 2 aromatic carbocycles. The van der Waals surface area contributed by atoms with Crippen LogP contribution in [0.4, 0.5) is 0 Å². The molecule has 0 aliphatic rings. The van der Waals surface area contributed by atoms with Crippen LogP contribution in [0.2, 0.25) is 0 Å². The Hall–Kier alpha value is -2.74. The first-order valence-corrected chi connectivity index (χ1v) is 10.2. The maximum atomic E-state index is 11.7. The van der Waals surface area contributed by atoms with Crippen LogP contribution in [-0.4, -0.2) is 34.9 Å². The van der Waals surface area contributed by atoms with Crippen molar-refractivity contribution in [3.05, 3.63) is 53.1 Å². The number of rotatable bonds is 7. The molecule has 0 aliphatic heterocycles. The lowest BCUT2D eigenvalue weighted by Gasteiger charge is -2.11. The van der Waals surface area contributed by atoms with Crippen LogP contribution in [0.5, 0.6) is 11.5 Å². The van der Waals surface area contributed by atoms with Crippen LogP contribution in [0.1, 0.15) is 16.7 Å². The lowest BCUT2D eigenvalue weighted by molar-refractivity contribution is 0.354. The first-order valence-electron chi connectivity index (χ1n) is 8.29. The van der Waals surface area contributed by atoms with E-state index in [0.29, 0.717) is 41.0 Å². The Morgan fingerprint density at radius 1 is 1.07 bits per heavy atom. The Kier molecular flexibility index (Phi) is 6.68. The second-order valence-electron chi connectivity index (χ2n) is 6.12. The van der Waals surface area contributed by atoms with Gasteiger partial charge >= 0.3 is 0 Å². The summed E-state index contributed by atoms with van der Waals surface area (Å²) in [6.45, 7) is 2.61. The summed E-state index contributed by atoms with van der Waals surface area (Å²) in [7, 11) is -0.0505. The maximum absolute atomic E-state index is 11.7. The summed E-state index contributed by atoms with van der Waals surface area (Å²) < 4.78 is 33.8. The highest BCUT2D eigenvalue weighted by Gasteiger charge is 2.10. The van der Waals surface area contributed by atoms with Gasteiger partial charge in [-0.25, -0.2) is 13.4 Å². The fourth-order valence-electron chi connectivity index (χ4n) is 2.64. The average Bonchev–Trinajstić information content (AvgIpc) is 2.63. The molecule has 0 atom stereocenters. The third kappa shape index (κ3) is 5.62. The van der Waals surface area contributed by atoms with Crippen LogP contribution in [0.25, 0.3) is 0 Å². The minimum absolute atomic E-state index is 0.301. The van der Waals surface area contributed by atoms with Crippen molar-refractivity contribution in [2.45, 2.75) is 24.9 Å². The van der Waals surface area contributed by atoms with Crippen LogP contribution in [-0.2, 0) is 22.9 Å². The van der Waals surface area contributed by atoms with Gasteiger partial charge in [-0.05, 0) is 41.8 Å². The van der Waals surface area contributed by atoms with E-state index in [-0.39, 0.29) is 0 Å². The monoisotopic (exact) mass is 391 g/mol. The molecule has 27 heavy (non-hydrogen) atoms. The molecular weight excluding hydrogens is 366 g/mol. The van der Waals surface area contributed by atoms with Crippen LogP contribution in [0, 0.1) is 6.92 Å². The zero-order chi connectivity index (χ0) is 20.0. The number of ether oxygens (including phenoxy) is 2. The molecule has 0 bridgehead atoms. The summed E-state index contributed by atoms with van der Waals surface area (Å²) in [6, 6.07) is 10.8. The molecule has 0 saturated carbocycles. The zero-order valence-corrected chi connectivity index (χ0v) is 16.8. The molecule has 0 aromatic heterocycles. The molecule has 0 radical (unpaired) electrons. The minimum Gasteiger partial charge on any atom is -0.493 e. The van der Waals surface area contributed by atoms with Gasteiger partial charge in [0.05, 0.1) is 25.7 Å². The van der Waals surface area contributed by atoms with E-state index in [4.69, 9.17) is 15.2 Å². The van der Waals surface area contributed by atoms with Crippen molar-refractivity contribution in [2.75, 3.05) is 20.5 Å².